The number of rotatable bonds is 5. The minimum Gasteiger partial charge on any atom is -0.486 e. The average Bonchev–Trinajstić information content (AvgIpc) is 2.60. The van der Waals surface area contributed by atoms with Gasteiger partial charge in [0.05, 0.1) is 0 Å². The van der Waals surface area contributed by atoms with Gasteiger partial charge in [0, 0.05) is 25.7 Å². The second kappa shape index (κ2) is 7.57. The maximum absolute atomic E-state index is 12.7. The molecule has 0 aromatic heterocycles. The number of hydrogen-bond acceptors (Lipinski definition) is 4. The molecular formula is C20H24N2O3. The number of hydrogen-bond donors (Lipinski definition) is 0. The summed E-state index contributed by atoms with van der Waals surface area (Å²) in [5, 5.41) is 0. The number of fused-ring (bicyclic) bond motifs is 1. The van der Waals surface area contributed by atoms with Crippen LogP contribution in [0.4, 0.5) is 0 Å². The Kier molecular flexibility index (Phi) is 5.24. The van der Waals surface area contributed by atoms with Crippen molar-refractivity contribution in [3.63, 3.8) is 0 Å². The minimum absolute atomic E-state index is 0.0324. The molecule has 1 amide bonds. The van der Waals surface area contributed by atoms with E-state index >= 15 is 0 Å². The molecule has 3 rings (SSSR count). The summed E-state index contributed by atoms with van der Waals surface area (Å²) in [6.45, 7) is 2.50. The predicted molar refractivity (Wildman–Crippen MR) is 97.1 cm³/mol. The van der Waals surface area contributed by atoms with E-state index in [1.165, 1.54) is 5.56 Å². The molecule has 0 radical (unpaired) electrons. The molecule has 0 saturated carbocycles. The molecule has 132 valence electrons. The topological polar surface area (TPSA) is 42.0 Å². The van der Waals surface area contributed by atoms with E-state index in [0.717, 1.165) is 12.1 Å². The third-order valence-corrected chi connectivity index (χ3v) is 4.05. The van der Waals surface area contributed by atoms with Crippen LogP contribution in [0.5, 0.6) is 11.5 Å². The van der Waals surface area contributed by atoms with Crippen LogP contribution in [0, 0.1) is 0 Å². The summed E-state index contributed by atoms with van der Waals surface area (Å²) in [4.78, 5) is 16.6. The van der Waals surface area contributed by atoms with E-state index in [9.17, 15) is 4.79 Å². The van der Waals surface area contributed by atoms with Crippen LogP contribution in [0.2, 0.25) is 0 Å². The fraction of sp³-hybridized carbons (Fsp3) is 0.350. The minimum atomic E-state index is -0.0324. The van der Waals surface area contributed by atoms with Gasteiger partial charge in [0.25, 0.3) is 5.91 Å². The van der Waals surface area contributed by atoms with E-state index < -0.39 is 0 Å². The number of carbonyl (C=O) groups is 1. The van der Waals surface area contributed by atoms with E-state index in [1.54, 1.807) is 23.1 Å². The van der Waals surface area contributed by atoms with E-state index in [-0.39, 0.29) is 5.91 Å². The van der Waals surface area contributed by atoms with E-state index in [1.807, 2.05) is 33.3 Å². The Morgan fingerprint density at radius 3 is 2.32 bits per heavy atom. The molecule has 0 aliphatic carbocycles. The third-order valence-electron chi connectivity index (χ3n) is 4.05. The first-order chi connectivity index (χ1) is 12.0. The fourth-order valence-corrected chi connectivity index (χ4v) is 2.93. The van der Waals surface area contributed by atoms with E-state index in [2.05, 4.69) is 17.0 Å². The Hall–Kier alpha value is -2.53. The smallest absolute Gasteiger partial charge is 0.254 e. The van der Waals surface area contributed by atoms with Crippen LogP contribution in [0.25, 0.3) is 0 Å². The van der Waals surface area contributed by atoms with Crippen LogP contribution < -0.4 is 9.47 Å². The van der Waals surface area contributed by atoms with Gasteiger partial charge in [0.2, 0.25) is 0 Å². The molecule has 25 heavy (non-hydrogen) atoms. The Morgan fingerprint density at radius 2 is 1.60 bits per heavy atom. The molecule has 0 N–H and O–H groups in total. The van der Waals surface area contributed by atoms with Crippen LogP contribution in [0.3, 0.4) is 0 Å². The lowest BCUT2D eigenvalue weighted by Crippen LogP contribution is -2.26. The van der Waals surface area contributed by atoms with Gasteiger partial charge < -0.3 is 19.3 Å². The zero-order valence-electron chi connectivity index (χ0n) is 15.0. The molecule has 0 spiro atoms. The van der Waals surface area contributed by atoms with Crippen LogP contribution in [0.1, 0.15) is 21.5 Å². The van der Waals surface area contributed by atoms with Crippen LogP contribution in [-0.4, -0.2) is 50.1 Å². The molecule has 0 saturated heterocycles. The van der Waals surface area contributed by atoms with Crippen molar-refractivity contribution in [3.05, 3.63) is 59.2 Å². The summed E-state index contributed by atoms with van der Waals surface area (Å²) in [7, 11) is 5.91. The summed E-state index contributed by atoms with van der Waals surface area (Å²) in [6, 6.07) is 13.7. The quantitative estimate of drug-likeness (QED) is 0.839. The Morgan fingerprint density at radius 1 is 0.920 bits per heavy atom. The monoisotopic (exact) mass is 340 g/mol. The van der Waals surface area contributed by atoms with Crippen molar-refractivity contribution >= 4 is 5.91 Å². The molecule has 0 atom stereocenters. The number of ether oxygens (including phenoxy) is 2. The summed E-state index contributed by atoms with van der Waals surface area (Å²) in [6.07, 6.45) is 0. The van der Waals surface area contributed by atoms with Gasteiger partial charge in [-0.1, -0.05) is 24.3 Å². The maximum Gasteiger partial charge on any atom is 0.254 e. The van der Waals surface area contributed by atoms with Gasteiger partial charge in [-0.05, 0) is 43.4 Å². The molecule has 0 unspecified atom stereocenters. The summed E-state index contributed by atoms with van der Waals surface area (Å²) in [5.74, 6) is 1.30. The van der Waals surface area contributed by atoms with Gasteiger partial charge in [-0.2, -0.15) is 0 Å². The number of nitrogens with zero attached hydrogens (tertiary/aromatic N) is 2. The number of carbonyl (C=O) groups excluding carboxylic acids is 1. The Labute approximate surface area is 148 Å². The van der Waals surface area contributed by atoms with E-state index in [0.29, 0.717) is 36.8 Å². The zero-order chi connectivity index (χ0) is 17.8. The van der Waals surface area contributed by atoms with Crippen molar-refractivity contribution < 1.29 is 14.3 Å². The normalized spacial score (nSPS) is 13.0. The molecule has 2 aromatic carbocycles. The molecule has 1 heterocycles. The summed E-state index contributed by atoms with van der Waals surface area (Å²) < 4.78 is 11.1. The van der Waals surface area contributed by atoms with Crippen molar-refractivity contribution in [1.82, 2.24) is 9.80 Å². The van der Waals surface area contributed by atoms with Gasteiger partial charge in [-0.15, -0.1) is 0 Å². The van der Waals surface area contributed by atoms with Crippen LogP contribution in [0.15, 0.2) is 42.5 Å². The molecule has 1 aliphatic heterocycles. The Bertz CT molecular complexity index is 758. The van der Waals surface area contributed by atoms with Crippen molar-refractivity contribution in [2.45, 2.75) is 13.1 Å². The van der Waals surface area contributed by atoms with Gasteiger partial charge in [0.1, 0.15) is 13.2 Å². The van der Waals surface area contributed by atoms with Crippen LogP contribution in [-0.2, 0) is 13.1 Å². The second-order valence-corrected chi connectivity index (χ2v) is 6.58. The molecule has 2 aromatic rings. The zero-order valence-corrected chi connectivity index (χ0v) is 15.0. The molecule has 0 fully saturated rings. The van der Waals surface area contributed by atoms with Gasteiger partial charge in [0.15, 0.2) is 11.5 Å². The second-order valence-electron chi connectivity index (χ2n) is 6.58. The highest BCUT2D eigenvalue weighted by Crippen LogP contribution is 2.31. The van der Waals surface area contributed by atoms with Crippen LogP contribution >= 0.6 is 0 Å². The van der Waals surface area contributed by atoms with Crippen molar-refractivity contribution in [2.24, 2.45) is 0 Å². The highest BCUT2D eigenvalue weighted by Gasteiger charge is 2.17. The molecule has 0 bridgehead atoms. The maximum atomic E-state index is 12.7. The average molecular weight is 340 g/mol. The molecule has 5 nitrogen and oxygen atoms in total. The molecule has 5 heteroatoms. The first-order valence-electron chi connectivity index (χ1n) is 8.40. The summed E-state index contributed by atoms with van der Waals surface area (Å²) in [5.41, 5.74) is 2.96. The van der Waals surface area contributed by atoms with Crippen molar-refractivity contribution in [1.29, 1.82) is 0 Å². The summed E-state index contributed by atoms with van der Waals surface area (Å²) >= 11 is 0. The molecule has 1 aliphatic rings. The lowest BCUT2D eigenvalue weighted by atomic mass is 10.1. The first-order valence-corrected chi connectivity index (χ1v) is 8.40. The standard InChI is InChI=1S/C20H24N2O3/c1-21(2)13-15-5-4-6-16(11-15)14-22(3)20(23)17-7-8-18-19(12-17)25-10-9-24-18/h4-8,11-12H,9-10,13-14H2,1-3H3. The SMILES string of the molecule is CN(C)Cc1cccc(CN(C)C(=O)c2ccc3c(c2)OCCO3)c1. The van der Waals surface area contributed by atoms with E-state index in [4.69, 9.17) is 9.47 Å². The largest absolute Gasteiger partial charge is 0.486 e. The van der Waals surface area contributed by atoms with Crippen molar-refractivity contribution in [3.8, 4) is 11.5 Å². The Balaban J connectivity index is 1.70. The van der Waals surface area contributed by atoms with Gasteiger partial charge in [-0.25, -0.2) is 0 Å². The lowest BCUT2D eigenvalue weighted by molar-refractivity contribution is 0.0784. The number of amides is 1. The number of benzene rings is 2. The highest BCUT2D eigenvalue weighted by atomic mass is 16.6. The molecular weight excluding hydrogens is 316 g/mol. The van der Waals surface area contributed by atoms with Crippen molar-refractivity contribution in [2.75, 3.05) is 34.4 Å². The highest BCUT2D eigenvalue weighted by molar-refractivity contribution is 5.94. The third kappa shape index (κ3) is 4.31. The fourth-order valence-electron chi connectivity index (χ4n) is 2.93. The lowest BCUT2D eigenvalue weighted by Gasteiger charge is -2.21. The predicted octanol–water partition coefficient (Wildman–Crippen LogP) is 2.79. The van der Waals surface area contributed by atoms with Gasteiger partial charge >= 0.3 is 0 Å². The first kappa shape index (κ1) is 17.3. The van der Waals surface area contributed by atoms with Gasteiger partial charge in [-0.3, -0.25) is 4.79 Å².